The largest absolute Gasteiger partial charge is 0.478 e. The Kier molecular flexibility index (Phi) is 4.58. The maximum atomic E-state index is 5.90. The second kappa shape index (κ2) is 6.19. The number of nitrogens with zero attached hydrogens (tertiary/aromatic N) is 3. The molecule has 0 aliphatic carbocycles. The van der Waals surface area contributed by atoms with E-state index in [1.807, 2.05) is 19.9 Å². The van der Waals surface area contributed by atoms with Gasteiger partial charge in [0.15, 0.2) is 0 Å². The molecule has 106 valence electrons. The number of aryl methyl sites for hydroxylation is 1. The maximum Gasteiger partial charge on any atom is 0.229 e. The van der Waals surface area contributed by atoms with Gasteiger partial charge in [-0.05, 0) is 40.0 Å². The Morgan fingerprint density at radius 3 is 2.89 bits per heavy atom. The molecule has 0 bridgehead atoms. The van der Waals surface area contributed by atoms with Gasteiger partial charge in [-0.1, -0.05) is 0 Å². The van der Waals surface area contributed by atoms with Gasteiger partial charge < -0.3 is 15.4 Å². The summed E-state index contributed by atoms with van der Waals surface area (Å²) in [5.41, 5.74) is 6.83. The lowest BCUT2D eigenvalue weighted by Crippen LogP contribution is -2.49. The number of piperidine rings is 1. The molecule has 0 amide bonds. The number of hydrogen-bond acceptors (Lipinski definition) is 5. The Hall–Kier alpha value is -1.36. The van der Waals surface area contributed by atoms with Crippen molar-refractivity contribution in [3.8, 4) is 5.88 Å². The quantitative estimate of drug-likeness (QED) is 0.899. The van der Waals surface area contributed by atoms with Crippen LogP contribution in [-0.2, 0) is 0 Å². The molecule has 0 radical (unpaired) electrons. The normalized spacial score (nSPS) is 23.5. The third kappa shape index (κ3) is 3.15. The number of nitrogens with two attached hydrogens (primary N) is 1. The third-order valence-corrected chi connectivity index (χ3v) is 3.64. The van der Waals surface area contributed by atoms with Crippen molar-refractivity contribution >= 4 is 5.95 Å². The van der Waals surface area contributed by atoms with Gasteiger partial charge in [0.1, 0.15) is 0 Å². The van der Waals surface area contributed by atoms with Crippen molar-refractivity contribution in [1.29, 1.82) is 0 Å². The summed E-state index contributed by atoms with van der Waals surface area (Å²) < 4.78 is 5.51. The minimum atomic E-state index is 0.333. The topological polar surface area (TPSA) is 64.3 Å². The first kappa shape index (κ1) is 14.1. The average molecular weight is 264 g/mol. The smallest absolute Gasteiger partial charge is 0.229 e. The van der Waals surface area contributed by atoms with Crippen molar-refractivity contribution in [3.05, 3.63) is 11.8 Å². The molecule has 1 aromatic rings. The molecule has 5 heteroatoms. The van der Waals surface area contributed by atoms with Crippen LogP contribution < -0.4 is 15.4 Å². The minimum Gasteiger partial charge on any atom is -0.478 e. The maximum absolute atomic E-state index is 5.90. The van der Waals surface area contributed by atoms with Crippen molar-refractivity contribution in [1.82, 2.24) is 9.97 Å². The van der Waals surface area contributed by atoms with Gasteiger partial charge in [0, 0.05) is 30.4 Å². The van der Waals surface area contributed by atoms with Crippen molar-refractivity contribution in [2.24, 2.45) is 5.73 Å². The molecule has 1 aliphatic heterocycles. The molecule has 1 aromatic heterocycles. The zero-order chi connectivity index (χ0) is 13.8. The SMILES string of the molecule is CCOc1cc(C)nc(N2C(C)CCCC2CN)n1. The summed E-state index contributed by atoms with van der Waals surface area (Å²) in [4.78, 5) is 11.4. The standard InChI is InChI=1S/C14H24N4O/c1-4-19-13-8-10(2)16-14(17-13)18-11(3)6-5-7-12(18)9-15/h8,11-12H,4-7,9,15H2,1-3H3. The highest BCUT2D eigenvalue weighted by molar-refractivity contribution is 5.38. The summed E-state index contributed by atoms with van der Waals surface area (Å²) in [5.74, 6) is 1.41. The molecule has 1 aliphatic rings. The van der Waals surface area contributed by atoms with E-state index in [2.05, 4.69) is 21.8 Å². The van der Waals surface area contributed by atoms with Gasteiger partial charge in [-0.25, -0.2) is 4.98 Å². The van der Waals surface area contributed by atoms with Crippen molar-refractivity contribution in [2.75, 3.05) is 18.1 Å². The van der Waals surface area contributed by atoms with Crippen molar-refractivity contribution in [2.45, 2.75) is 52.1 Å². The lowest BCUT2D eigenvalue weighted by atomic mass is 9.97. The van der Waals surface area contributed by atoms with E-state index in [1.165, 1.54) is 6.42 Å². The van der Waals surface area contributed by atoms with Gasteiger partial charge in [0.2, 0.25) is 11.8 Å². The molecule has 2 N–H and O–H groups in total. The Balaban J connectivity index is 2.32. The van der Waals surface area contributed by atoms with Gasteiger partial charge in [-0.3, -0.25) is 0 Å². The minimum absolute atomic E-state index is 0.333. The van der Waals surface area contributed by atoms with E-state index in [-0.39, 0.29) is 0 Å². The molecular formula is C14H24N4O. The fraction of sp³-hybridized carbons (Fsp3) is 0.714. The van der Waals surface area contributed by atoms with Crippen LogP contribution in [0.4, 0.5) is 5.95 Å². The number of hydrogen-bond donors (Lipinski definition) is 1. The molecule has 2 heterocycles. The molecular weight excluding hydrogens is 240 g/mol. The van der Waals surface area contributed by atoms with Gasteiger partial charge in [-0.15, -0.1) is 0 Å². The van der Waals surface area contributed by atoms with E-state index in [4.69, 9.17) is 10.5 Å². The Bertz CT molecular complexity index is 424. The first-order valence-corrected chi connectivity index (χ1v) is 7.12. The molecule has 19 heavy (non-hydrogen) atoms. The molecule has 0 aromatic carbocycles. The second-order valence-electron chi connectivity index (χ2n) is 5.16. The predicted octanol–water partition coefficient (Wildman–Crippen LogP) is 1.89. The van der Waals surface area contributed by atoms with Crippen LogP contribution in [0.15, 0.2) is 6.07 Å². The molecule has 0 spiro atoms. The van der Waals surface area contributed by atoms with Crippen LogP contribution in [-0.4, -0.2) is 35.2 Å². The van der Waals surface area contributed by atoms with Gasteiger partial charge in [0.25, 0.3) is 0 Å². The second-order valence-corrected chi connectivity index (χ2v) is 5.16. The predicted molar refractivity (Wildman–Crippen MR) is 76.6 cm³/mol. The fourth-order valence-corrected chi connectivity index (χ4v) is 2.74. The summed E-state index contributed by atoms with van der Waals surface area (Å²) in [6.07, 6.45) is 3.50. The molecule has 1 saturated heterocycles. The summed E-state index contributed by atoms with van der Waals surface area (Å²) in [5, 5.41) is 0. The monoisotopic (exact) mass is 264 g/mol. The molecule has 1 fully saturated rings. The Labute approximate surface area is 115 Å². The molecule has 2 unspecified atom stereocenters. The highest BCUT2D eigenvalue weighted by Crippen LogP contribution is 2.27. The zero-order valence-electron chi connectivity index (χ0n) is 12.1. The van der Waals surface area contributed by atoms with Crippen LogP contribution >= 0.6 is 0 Å². The number of rotatable bonds is 4. The van der Waals surface area contributed by atoms with Gasteiger partial charge >= 0.3 is 0 Å². The van der Waals surface area contributed by atoms with Crippen LogP contribution in [0.1, 0.15) is 38.8 Å². The van der Waals surface area contributed by atoms with E-state index in [9.17, 15) is 0 Å². The fourth-order valence-electron chi connectivity index (χ4n) is 2.74. The number of aromatic nitrogens is 2. The average Bonchev–Trinajstić information content (AvgIpc) is 2.38. The summed E-state index contributed by atoms with van der Waals surface area (Å²) in [7, 11) is 0. The zero-order valence-corrected chi connectivity index (χ0v) is 12.1. The van der Waals surface area contributed by atoms with Gasteiger partial charge in [-0.2, -0.15) is 4.98 Å². The van der Waals surface area contributed by atoms with Crippen molar-refractivity contribution < 1.29 is 4.74 Å². The lowest BCUT2D eigenvalue weighted by molar-refractivity contribution is 0.323. The lowest BCUT2D eigenvalue weighted by Gasteiger charge is -2.40. The highest BCUT2D eigenvalue weighted by Gasteiger charge is 2.29. The van der Waals surface area contributed by atoms with Crippen LogP contribution in [0, 0.1) is 6.92 Å². The van der Waals surface area contributed by atoms with Gasteiger partial charge in [0.05, 0.1) is 6.61 Å². The Morgan fingerprint density at radius 1 is 1.42 bits per heavy atom. The first-order chi connectivity index (χ1) is 9.15. The van der Waals surface area contributed by atoms with Crippen LogP contribution in [0.5, 0.6) is 5.88 Å². The first-order valence-electron chi connectivity index (χ1n) is 7.12. The summed E-state index contributed by atoms with van der Waals surface area (Å²) in [6, 6.07) is 2.64. The molecule has 0 saturated carbocycles. The summed E-state index contributed by atoms with van der Waals surface area (Å²) in [6.45, 7) is 7.41. The van der Waals surface area contributed by atoms with E-state index in [0.717, 1.165) is 24.5 Å². The number of ether oxygens (including phenoxy) is 1. The van der Waals surface area contributed by atoms with E-state index >= 15 is 0 Å². The Morgan fingerprint density at radius 2 is 2.21 bits per heavy atom. The highest BCUT2D eigenvalue weighted by atomic mass is 16.5. The summed E-state index contributed by atoms with van der Waals surface area (Å²) >= 11 is 0. The van der Waals surface area contributed by atoms with E-state index in [1.54, 1.807) is 0 Å². The molecule has 5 nitrogen and oxygen atoms in total. The van der Waals surface area contributed by atoms with Crippen LogP contribution in [0.25, 0.3) is 0 Å². The van der Waals surface area contributed by atoms with Crippen LogP contribution in [0.3, 0.4) is 0 Å². The molecule has 2 rings (SSSR count). The van der Waals surface area contributed by atoms with E-state index < -0.39 is 0 Å². The van der Waals surface area contributed by atoms with E-state index in [0.29, 0.717) is 31.1 Å². The molecule has 2 atom stereocenters. The van der Waals surface area contributed by atoms with Crippen LogP contribution in [0.2, 0.25) is 0 Å². The number of anilines is 1. The third-order valence-electron chi connectivity index (χ3n) is 3.64. The van der Waals surface area contributed by atoms with Crippen molar-refractivity contribution in [3.63, 3.8) is 0 Å².